The van der Waals surface area contributed by atoms with E-state index >= 15 is 0 Å². The van der Waals surface area contributed by atoms with Crippen LogP contribution in [0.4, 0.5) is 0 Å². The summed E-state index contributed by atoms with van der Waals surface area (Å²) in [6.45, 7) is 12.1. The number of morpholine rings is 1. The van der Waals surface area contributed by atoms with Gasteiger partial charge in [-0.3, -0.25) is 0 Å². The van der Waals surface area contributed by atoms with Gasteiger partial charge in [0, 0.05) is 12.6 Å². The molecule has 3 atom stereocenters. The molecule has 1 rings (SSSR count). The SMILES string of the molecule is CCC1NCC(C)(C(C)C)OC1CC. The minimum absolute atomic E-state index is 0.0202. The number of hydrogen-bond donors (Lipinski definition) is 1. The van der Waals surface area contributed by atoms with Crippen LogP contribution < -0.4 is 5.32 Å². The predicted molar refractivity (Wildman–Crippen MR) is 60.5 cm³/mol. The van der Waals surface area contributed by atoms with Gasteiger partial charge in [0.05, 0.1) is 11.7 Å². The monoisotopic (exact) mass is 199 g/mol. The maximum atomic E-state index is 6.23. The topological polar surface area (TPSA) is 21.3 Å². The molecule has 1 aliphatic heterocycles. The van der Waals surface area contributed by atoms with Crippen LogP contribution in [0.1, 0.15) is 47.5 Å². The molecule has 1 aliphatic rings. The summed E-state index contributed by atoms with van der Waals surface area (Å²) in [5.41, 5.74) is 0.0202. The van der Waals surface area contributed by atoms with E-state index in [0.29, 0.717) is 18.1 Å². The van der Waals surface area contributed by atoms with Gasteiger partial charge in [0.1, 0.15) is 0 Å². The molecule has 0 spiro atoms. The first kappa shape index (κ1) is 12.0. The van der Waals surface area contributed by atoms with Crippen LogP contribution in [0.2, 0.25) is 0 Å². The zero-order valence-corrected chi connectivity index (χ0v) is 10.3. The van der Waals surface area contributed by atoms with Crippen molar-refractivity contribution < 1.29 is 4.74 Å². The third-order valence-corrected chi connectivity index (χ3v) is 3.65. The van der Waals surface area contributed by atoms with Gasteiger partial charge in [-0.2, -0.15) is 0 Å². The molecule has 0 aromatic heterocycles. The van der Waals surface area contributed by atoms with E-state index in [9.17, 15) is 0 Å². The minimum Gasteiger partial charge on any atom is -0.369 e. The van der Waals surface area contributed by atoms with Gasteiger partial charge in [0.2, 0.25) is 0 Å². The maximum Gasteiger partial charge on any atom is 0.0805 e. The summed E-state index contributed by atoms with van der Waals surface area (Å²) in [6, 6.07) is 0.548. The van der Waals surface area contributed by atoms with Gasteiger partial charge in [-0.25, -0.2) is 0 Å². The van der Waals surface area contributed by atoms with E-state index in [1.165, 1.54) is 0 Å². The van der Waals surface area contributed by atoms with Crippen molar-refractivity contribution in [3.8, 4) is 0 Å². The Bertz CT molecular complexity index is 181. The molecular weight excluding hydrogens is 174 g/mol. The van der Waals surface area contributed by atoms with Gasteiger partial charge in [0.15, 0.2) is 0 Å². The summed E-state index contributed by atoms with van der Waals surface area (Å²) in [7, 11) is 0. The van der Waals surface area contributed by atoms with Crippen LogP contribution >= 0.6 is 0 Å². The van der Waals surface area contributed by atoms with Gasteiger partial charge in [-0.1, -0.05) is 27.7 Å². The zero-order valence-electron chi connectivity index (χ0n) is 10.3. The lowest BCUT2D eigenvalue weighted by Gasteiger charge is -2.45. The Balaban J connectivity index is 2.64. The van der Waals surface area contributed by atoms with Crippen LogP contribution in [-0.4, -0.2) is 24.3 Å². The third-order valence-electron chi connectivity index (χ3n) is 3.65. The van der Waals surface area contributed by atoms with E-state index in [4.69, 9.17) is 4.74 Å². The Labute approximate surface area is 88.4 Å². The summed E-state index contributed by atoms with van der Waals surface area (Å²) in [5, 5.41) is 3.62. The molecule has 14 heavy (non-hydrogen) atoms. The summed E-state index contributed by atoms with van der Waals surface area (Å²) in [4.78, 5) is 0. The van der Waals surface area contributed by atoms with E-state index in [1.807, 2.05) is 0 Å². The minimum atomic E-state index is 0.0202. The molecule has 0 radical (unpaired) electrons. The molecule has 84 valence electrons. The van der Waals surface area contributed by atoms with Gasteiger partial charge < -0.3 is 10.1 Å². The Kier molecular flexibility index (Phi) is 3.96. The van der Waals surface area contributed by atoms with Crippen molar-refractivity contribution in [3.05, 3.63) is 0 Å². The van der Waals surface area contributed by atoms with Crippen molar-refractivity contribution in [2.75, 3.05) is 6.54 Å². The first-order chi connectivity index (χ1) is 6.53. The van der Waals surface area contributed by atoms with E-state index < -0.39 is 0 Å². The second kappa shape index (κ2) is 4.63. The summed E-state index contributed by atoms with van der Waals surface area (Å²) in [6.07, 6.45) is 2.65. The van der Waals surface area contributed by atoms with E-state index in [-0.39, 0.29) is 5.60 Å². The maximum absolute atomic E-state index is 6.23. The van der Waals surface area contributed by atoms with Crippen LogP contribution in [0, 0.1) is 5.92 Å². The fourth-order valence-electron chi connectivity index (χ4n) is 2.05. The highest BCUT2D eigenvalue weighted by Crippen LogP contribution is 2.29. The second-order valence-electron chi connectivity index (χ2n) is 4.93. The van der Waals surface area contributed by atoms with Gasteiger partial charge >= 0.3 is 0 Å². The molecule has 1 saturated heterocycles. The molecule has 1 heterocycles. The third kappa shape index (κ3) is 2.29. The fraction of sp³-hybridized carbons (Fsp3) is 1.00. The molecule has 0 aromatic rings. The Morgan fingerprint density at radius 2 is 2.00 bits per heavy atom. The van der Waals surface area contributed by atoms with E-state index in [1.54, 1.807) is 0 Å². The van der Waals surface area contributed by atoms with Crippen LogP contribution in [0.3, 0.4) is 0 Å². The highest BCUT2D eigenvalue weighted by atomic mass is 16.5. The molecule has 3 unspecified atom stereocenters. The first-order valence-corrected chi connectivity index (χ1v) is 5.94. The molecule has 1 fully saturated rings. The zero-order chi connectivity index (χ0) is 10.8. The molecule has 0 amide bonds. The first-order valence-electron chi connectivity index (χ1n) is 5.94. The summed E-state index contributed by atoms with van der Waals surface area (Å²) >= 11 is 0. The molecule has 1 N–H and O–H groups in total. The lowest BCUT2D eigenvalue weighted by Crippen LogP contribution is -2.59. The number of nitrogens with one attached hydrogen (secondary N) is 1. The number of ether oxygens (including phenoxy) is 1. The standard InChI is InChI=1S/C12H25NO/c1-6-10-11(7-2)14-12(5,8-13-10)9(3)4/h9-11,13H,6-8H2,1-5H3. The molecule has 0 aromatic carbocycles. The van der Waals surface area contributed by atoms with Gasteiger partial charge in [-0.15, -0.1) is 0 Å². The fourth-order valence-corrected chi connectivity index (χ4v) is 2.05. The van der Waals surface area contributed by atoms with Crippen LogP contribution in [0.25, 0.3) is 0 Å². The highest BCUT2D eigenvalue weighted by molar-refractivity contribution is 4.92. The summed E-state index contributed by atoms with van der Waals surface area (Å²) in [5.74, 6) is 0.571. The van der Waals surface area contributed by atoms with E-state index in [0.717, 1.165) is 19.4 Å². The molecule has 0 bridgehead atoms. The van der Waals surface area contributed by atoms with Crippen molar-refractivity contribution in [2.24, 2.45) is 5.92 Å². The lowest BCUT2D eigenvalue weighted by molar-refractivity contribution is -0.148. The summed E-state index contributed by atoms with van der Waals surface area (Å²) < 4.78 is 6.23. The Hall–Kier alpha value is -0.0800. The number of rotatable bonds is 3. The number of hydrogen-bond acceptors (Lipinski definition) is 2. The quantitative estimate of drug-likeness (QED) is 0.754. The van der Waals surface area contributed by atoms with Crippen LogP contribution in [0.15, 0.2) is 0 Å². The molecule has 2 nitrogen and oxygen atoms in total. The molecule has 0 saturated carbocycles. The van der Waals surface area contributed by atoms with Crippen molar-refractivity contribution in [1.29, 1.82) is 0 Å². The Morgan fingerprint density at radius 3 is 2.43 bits per heavy atom. The van der Waals surface area contributed by atoms with Crippen LogP contribution in [0.5, 0.6) is 0 Å². The predicted octanol–water partition coefficient (Wildman–Crippen LogP) is 2.58. The Morgan fingerprint density at radius 1 is 1.36 bits per heavy atom. The van der Waals surface area contributed by atoms with Crippen LogP contribution in [-0.2, 0) is 4.74 Å². The van der Waals surface area contributed by atoms with Gasteiger partial charge in [0.25, 0.3) is 0 Å². The average molecular weight is 199 g/mol. The van der Waals surface area contributed by atoms with Crippen molar-refractivity contribution in [3.63, 3.8) is 0 Å². The molecule has 2 heteroatoms. The largest absolute Gasteiger partial charge is 0.369 e. The van der Waals surface area contributed by atoms with Crippen molar-refractivity contribution in [1.82, 2.24) is 5.32 Å². The second-order valence-corrected chi connectivity index (χ2v) is 4.93. The average Bonchev–Trinajstić information content (AvgIpc) is 2.17. The lowest BCUT2D eigenvalue weighted by atomic mass is 9.88. The van der Waals surface area contributed by atoms with Crippen molar-refractivity contribution >= 4 is 0 Å². The highest BCUT2D eigenvalue weighted by Gasteiger charge is 2.38. The normalized spacial score (nSPS) is 39.0. The molecule has 0 aliphatic carbocycles. The smallest absolute Gasteiger partial charge is 0.0805 e. The molecular formula is C12H25NO. The van der Waals surface area contributed by atoms with E-state index in [2.05, 4.69) is 39.9 Å². The van der Waals surface area contributed by atoms with Crippen molar-refractivity contribution in [2.45, 2.75) is 65.2 Å². The van der Waals surface area contributed by atoms with Gasteiger partial charge in [-0.05, 0) is 25.7 Å².